The van der Waals surface area contributed by atoms with Gasteiger partial charge in [-0.2, -0.15) is 0 Å². The Bertz CT molecular complexity index is 569. The lowest BCUT2D eigenvalue weighted by molar-refractivity contribution is -0.120. The summed E-state index contributed by atoms with van der Waals surface area (Å²) < 4.78 is 5.64. The van der Waals surface area contributed by atoms with Crippen molar-refractivity contribution >= 4 is 29.4 Å². The number of nitrogens with zero attached hydrogens (tertiary/aromatic N) is 1. The van der Waals surface area contributed by atoms with Crippen LogP contribution in [-0.2, 0) is 11.2 Å². The Morgan fingerprint density at radius 2 is 2.15 bits per heavy atom. The van der Waals surface area contributed by atoms with Crippen molar-refractivity contribution in [3.8, 4) is 0 Å². The summed E-state index contributed by atoms with van der Waals surface area (Å²) in [6.45, 7) is 3.25. The van der Waals surface area contributed by atoms with Crippen LogP contribution in [0.3, 0.4) is 0 Å². The summed E-state index contributed by atoms with van der Waals surface area (Å²) in [5, 5.41) is 5.78. The van der Waals surface area contributed by atoms with E-state index in [0.717, 1.165) is 16.7 Å². The molecule has 2 N–H and O–H groups in total. The van der Waals surface area contributed by atoms with Gasteiger partial charge in [0.15, 0.2) is 11.5 Å². The second-order valence-corrected chi connectivity index (χ2v) is 4.48. The van der Waals surface area contributed by atoms with E-state index < -0.39 is 0 Å². The first kappa shape index (κ1) is 16.5. The fourth-order valence-corrected chi connectivity index (χ4v) is 1.87. The quantitative estimate of drug-likeness (QED) is 0.853. The van der Waals surface area contributed by atoms with Gasteiger partial charge in [0.1, 0.15) is 5.52 Å². The van der Waals surface area contributed by atoms with Crippen LogP contribution in [0.15, 0.2) is 22.6 Å². The lowest BCUT2D eigenvalue weighted by atomic mass is 10.2. The minimum Gasteiger partial charge on any atom is -0.441 e. The second kappa shape index (κ2) is 7.87. The molecule has 0 saturated heterocycles. The number of para-hydroxylation sites is 1. The Kier molecular flexibility index (Phi) is 6.48. The standard InChI is InChI=1S/C14H19N3O2.ClH/c1-10-4-3-5-11-14(10)17-13(19-11)7-9-16-12(18)6-8-15-2;/h3-5,15H,6-9H2,1-2H3,(H,16,18);1H. The van der Waals surface area contributed by atoms with E-state index in [9.17, 15) is 4.79 Å². The van der Waals surface area contributed by atoms with Gasteiger partial charge < -0.3 is 15.1 Å². The molecular weight excluding hydrogens is 278 g/mol. The first-order valence-electron chi connectivity index (χ1n) is 6.47. The number of carbonyl (C=O) groups is 1. The van der Waals surface area contributed by atoms with Gasteiger partial charge in [-0.05, 0) is 25.6 Å². The highest BCUT2D eigenvalue weighted by Gasteiger charge is 2.07. The van der Waals surface area contributed by atoms with E-state index in [2.05, 4.69) is 15.6 Å². The van der Waals surface area contributed by atoms with Gasteiger partial charge in [-0.15, -0.1) is 12.4 Å². The van der Waals surface area contributed by atoms with Crippen molar-refractivity contribution in [2.24, 2.45) is 0 Å². The van der Waals surface area contributed by atoms with E-state index in [1.54, 1.807) is 0 Å². The van der Waals surface area contributed by atoms with Gasteiger partial charge in [-0.3, -0.25) is 4.79 Å². The third-order valence-electron chi connectivity index (χ3n) is 2.93. The monoisotopic (exact) mass is 297 g/mol. The van der Waals surface area contributed by atoms with Crippen LogP contribution in [0.5, 0.6) is 0 Å². The van der Waals surface area contributed by atoms with Crippen LogP contribution in [0.4, 0.5) is 0 Å². The average molecular weight is 298 g/mol. The van der Waals surface area contributed by atoms with Crippen molar-refractivity contribution in [1.82, 2.24) is 15.6 Å². The fourth-order valence-electron chi connectivity index (χ4n) is 1.87. The molecular formula is C14H20ClN3O2. The summed E-state index contributed by atoms with van der Waals surface area (Å²) in [7, 11) is 1.83. The lowest BCUT2D eigenvalue weighted by Gasteiger charge is -2.02. The molecule has 0 aliphatic rings. The molecule has 2 aromatic rings. The number of aryl methyl sites for hydroxylation is 1. The zero-order valence-corrected chi connectivity index (χ0v) is 12.5. The molecule has 1 aromatic carbocycles. The molecule has 0 unspecified atom stereocenters. The van der Waals surface area contributed by atoms with Gasteiger partial charge in [0.25, 0.3) is 0 Å². The van der Waals surface area contributed by atoms with Crippen molar-refractivity contribution in [2.45, 2.75) is 19.8 Å². The Morgan fingerprint density at radius 1 is 1.35 bits per heavy atom. The van der Waals surface area contributed by atoms with E-state index >= 15 is 0 Å². The Balaban J connectivity index is 0.00000200. The van der Waals surface area contributed by atoms with E-state index in [4.69, 9.17) is 4.42 Å². The minimum atomic E-state index is 0. The maximum Gasteiger partial charge on any atom is 0.221 e. The Labute approximate surface area is 124 Å². The van der Waals surface area contributed by atoms with Gasteiger partial charge in [-0.1, -0.05) is 12.1 Å². The fraction of sp³-hybridized carbons (Fsp3) is 0.429. The highest BCUT2D eigenvalue weighted by atomic mass is 35.5. The predicted molar refractivity (Wildman–Crippen MR) is 81.3 cm³/mol. The van der Waals surface area contributed by atoms with E-state index in [1.165, 1.54) is 0 Å². The van der Waals surface area contributed by atoms with Gasteiger partial charge in [0.2, 0.25) is 5.91 Å². The summed E-state index contributed by atoms with van der Waals surface area (Å²) in [4.78, 5) is 15.9. The zero-order chi connectivity index (χ0) is 13.7. The van der Waals surface area contributed by atoms with Crippen LogP contribution >= 0.6 is 12.4 Å². The molecule has 6 heteroatoms. The highest BCUT2D eigenvalue weighted by molar-refractivity contribution is 5.85. The number of oxazole rings is 1. The second-order valence-electron chi connectivity index (χ2n) is 4.48. The SMILES string of the molecule is CNCCC(=O)NCCc1nc2c(C)cccc2o1.Cl. The molecule has 0 aliphatic carbocycles. The van der Waals surface area contributed by atoms with Crippen LogP contribution in [0.25, 0.3) is 11.1 Å². The van der Waals surface area contributed by atoms with Crippen molar-refractivity contribution in [2.75, 3.05) is 20.1 Å². The third-order valence-corrected chi connectivity index (χ3v) is 2.93. The zero-order valence-electron chi connectivity index (χ0n) is 11.7. The van der Waals surface area contributed by atoms with Crippen molar-refractivity contribution in [3.05, 3.63) is 29.7 Å². The summed E-state index contributed by atoms with van der Waals surface area (Å²) in [6, 6.07) is 5.87. The number of hydrogen-bond donors (Lipinski definition) is 2. The molecule has 0 atom stereocenters. The summed E-state index contributed by atoms with van der Waals surface area (Å²) >= 11 is 0. The van der Waals surface area contributed by atoms with E-state index in [-0.39, 0.29) is 18.3 Å². The average Bonchev–Trinajstić information content (AvgIpc) is 2.81. The smallest absolute Gasteiger partial charge is 0.221 e. The first-order chi connectivity index (χ1) is 9.20. The molecule has 0 radical (unpaired) electrons. The predicted octanol–water partition coefficient (Wildman–Crippen LogP) is 1.83. The molecule has 0 saturated carbocycles. The molecule has 0 bridgehead atoms. The molecule has 0 fully saturated rings. The highest BCUT2D eigenvalue weighted by Crippen LogP contribution is 2.18. The number of hydrogen-bond acceptors (Lipinski definition) is 4. The maximum atomic E-state index is 11.4. The molecule has 1 heterocycles. The molecule has 1 aromatic heterocycles. The van der Waals surface area contributed by atoms with Crippen LogP contribution in [0, 0.1) is 6.92 Å². The molecule has 5 nitrogen and oxygen atoms in total. The Hall–Kier alpha value is -1.59. The van der Waals surface area contributed by atoms with Gasteiger partial charge in [0.05, 0.1) is 0 Å². The molecule has 110 valence electrons. The van der Waals surface area contributed by atoms with Gasteiger partial charge in [-0.25, -0.2) is 4.98 Å². The van der Waals surface area contributed by atoms with Crippen LogP contribution in [-0.4, -0.2) is 31.0 Å². The lowest BCUT2D eigenvalue weighted by Crippen LogP contribution is -2.28. The molecule has 20 heavy (non-hydrogen) atoms. The number of nitrogens with one attached hydrogen (secondary N) is 2. The summed E-state index contributed by atoms with van der Waals surface area (Å²) in [6.07, 6.45) is 1.10. The summed E-state index contributed by atoms with van der Waals surface area (Å²) in [5.74, 6) is 0.708. The molecule has 1 amide bonds. The summed E-state index contributed by atoms with van der Waals surface area (Å²) in [5.41, 5.74) is 2.81. The van der Waals surface area contributed by atoms with Crippen LogP contribution in [0.1, 0.15) is 17.9 Å². The van der Waals surface area contributed by atoms with Crippen molar-refractivity contribution < 1.29 is 9.21 Å². The molecule has 0 aliphatic heterocycles. The topological polar surface area (TPSA) is 67.2 Å². The largest absolute Gasteiger partial charge is 0.441 e. The number of amides is 1. The van der Waals surface area contributed by atoms with Gasteiger partial charge in [0, 0.05) is 25.9 Å². The third kappa shape index (κ3) is 4.21. The van der Waals surface area contributed by atoms with E-state index in [1.807, 2.05) is 32.2 Å². The Morgan fingerprint density at radius 3 is 2.85 bits per heavy atom. The molecule has 2 rings (SSSR count). The number of halogens is 1. The first-order valence-corrected chi connectivity index (χ1v) is 6.47. The number of aromatic nitrogens is 1. The van der Waals surface area contributed by atoms with Crippen LogP contribution < -0.4 is 10.6 Å². The minimum absolute atomic E-state index is 0. The maximum absolute atomic E-state index is 11.4. The number of fused-ring (bicyclic) bond motifs is 1. The van der Waals surface area contributed by atoms with Crippen molar-refractivity contribution in [1.29, 1.82) is 0 Å². The molecule has 0 spiro atoms. The van der Waals surface area contributed by atoms with E-state index in [0.29, 0.717) is 31.8 Å². The van der Waals surface area contributed by atoms with Gasteiger partial charge >= 0.3 is 0 Å². The van der Waals surface area contributed by atoms with Crippen molar-refractivity contribution in [3.63, 3.8) is 0 Å². The number of carbonyl (C=O) groups excluding carboxylic acids is 1. The number of benzene rings is 1. The number of rotatable bonds is 6. The van der Waals surface area contributed by atoms with Crippen LogP contribution in [0.2, 0.25) is 0 Å². The normalized spacial score (nSPS) is 10.3.